The van der Waals surface area contributed by atoms with Crippen LogP contribution in [0.15, 0.2) is 53.7 Å². The third kappa shape index (κ3) is 5.50. The van der Waals surface area contributed by atoms with Gasteiger partial charge >= 0.3 is 0 Å². The number of anilines is 3. The van der Waals surface area contributed by atoms with Crippen LogP contribution in [0, 0.1) is 0 Å². The van der Waals surface area contributed by atoms with Gasteiger partial charge in [0.2, 0.25) is 5.91 Å². The Morgan fingerprint density at radius 1 is 1.00 bits per heavy atom. The number of aromatic nitrogens is 3. The van der Waals surface area contributed by atoms with Crippen molar-refractivity contribution in [2.45, 2.75) is 31.8 Å². The number of amides is 1. The topological polar surface area (TPSA) is 66.3 Å². The number of rotatable bonds is 9. The molecule has 1 amide bonds. The van der Waals surface area contributed by atoms with Gasteiger partial charge in [0.15, 0.2) is 11.0 Å². The van der Waals surface area contributed by atoms with E-state index < -0.39 is 0 Å². The maximum Gasteiger partial charge on any atom is 0.234 e. The Morgan fingerprint density at radius 3 is 2.30 bits per heavy atom. The molecule has 1 fully saturated rings. The van der Waals surface area contributed by atoms with Crippen molar-refractivity contribution in [2.75, 3.05) is 47.0 Å². The van der Waals surface area contributed by atoms with Crippen LogP contribution in [0.5, 0.6) is 0 Å². The first kappa shape index (κ1) is 23.2. The number of carbonyl (C=O) groups is 1. The second kappa shape index (κ2) is 10.7. The summed E-state index contributed by atoms with van der Waals surface area (Å²) in [5, 5.41) is 12.3. The Balaban J connectivity index is 1.33. The summed E-state index contributed by atoms with van der Waals surface area (Å²) in [6, 6.07) is 16.5. The molecule has 174 valence electrons. The number of carbonyl (C=O) groups excluding carboxylic acids is 1. The molecule has 0 saturated carbocycles. The fourth-order valence-corrected chi connectivity index (χ4v) is 4.87. The minimum Gasteiger partial charge on any atom is -0.372 e. The van der Waals surface area contributed by atoms with Gasteiger partial charge in [-0.05, 0) is 75.2 Å². The quantitative estimate of drug-likeness (QED) is 0.465. The van der Waals surface area contributed by atoms with Gasteiger partial charge < -0.3 is 19.7 Å². The van der Waals surface area contributed by atoms with Crippen LogP contribution in [-0.2, 0) is 11.8 Å². The van der Waals surface area contributed by atoms with Gasteiger partial charge in [-0.3, -0.25) is 4.79 Å². The third-order valence-electron chi connectivity index (χ3n) is 6.04. The summed E-state index contributed by atoms with van der Waals surface area (Å²) >= 11 is 1.39. The van der Waals surface area contributed by atoms with Gasteiger partial charge in [0.05, 0.1) is 5.75 Å². The molecule has 1 N–H and O–H groups in total. The summed E-state index contributed by atoms with van der Waals surface area (Å²) < 4.78 is 1.94. The van der Waals surface area contributed by atoms with Crippen LogP contribution in [0.1, 0.15) is 26.7 Å². The lowest BCUT2D eigenvalue weighted by Gasteiger charge is -2.21. The first-order valence-electron chi connectivity index (χ1n) is 11.6. The van der Waals surface area contributed by atoms with E-state index in [1.165, 1.54) is 36.0 Å². The van der Waals surface area contributed by atoms with Gasteiger partial charge in [-0.1, -0.05) is 11.8 Å². The van der Waals surface area contributed by atoms with Crippen molar-refractivity contribution in [1.29, 1.82) is 0 Å². The normalized spacial score (nSPS) is 13.4. The van der Waals surface area contributed by atoms with Crippen molar-refractivity contribution in [3.05, 3.63) is 48.5 Å². The summed E-state index contributed by atoms with van der Waals surface area (Å²) in [6.07, 6.45) is 2.50. The van der Waals surface area contributed by atoms with Crippen LogP contribution in [0.2, 0.25) is 0 Å². The number of thioether (sulfide) groups is 1. The molecule has 0 aliphatic carbocycles. The zero-order chi connectivity index (χ0) is 23.2. The first-order valence-corrected chi connectivity index (χ1v) is 12.6. The molecule has 0 bridgehead atoms. The molecule has 1 saturated heterocycles. The lowest BCUT2D eigenvalue weighted by atomic mass is 10.2. The fraction of sp³-hybridized carbons (Fsp3) is 0.400. The lowest BCUT2D eigenvalue weighted by Crippen LogP contribution is -2.21. The summed E-state index contributed by atoms with van der Waals surface area (Å²) in [5.74, 6) is 1.02. The van der Waals surface area contributed by atoms with E-state index in [2.05, 4.69) is 75.6 Å². The standard InChI is InChI=1S/C25H32N6OS/c1-4-30(5-2)21-12-8-19(9-13-21)24-27-28-25(29(24)3)33-18-23(32)26-20-10-14-22(15-11-20)31-16-6-7-17-31/h8-15H,4-7,16-18H2,1-3H3,(H,26,32). The van der Waals surface area contributed by atoms with Crippen LogP contribution >= 0.6 is 11.8 Å². The van der Waals surface area contributed by atoms with Crippen molar-refractivity contribution in [3.8, 4) is 11.4 Å². The summed E-state index contributed by atoms with van der Waals surface area (Å²) in [5.41, 5.74) is 4.24. The van der Waals surface area contributed by atoms with Gasteiger partial charge in [-0.15, -0.1) is 10.2 Å². The Bertz CT molecular complexity index is 1050. The Labute approximate surface area is 200 Å². The maximum absolute atomic E-state index is 12.5. The highest BCUT2D eigenvalue weighted by Crippen LogP contribution is 2.26. The maximum atomic E-state index is 12.5. The fourth-order valence-electron chi connectivity index (χ4n) is 4.16. The van der Waals surface area contributed by atoms with E-state index in [-0.39, 0.29) is 11.7 Å². The number of hydrogen-bond donors (Lipinski definition) is 1. The monoisotopic (exact) mass is 464 g/mol. The molecular weight excluding hydrogens is 432 g/mol. The minimum absolute atomic E-state index is 0.0537. The van der Waals surface area contributed by atoms with E-state index in [1.54, 1.807) is 0 Å². The van der Waals surface area contributed by atoms with E-state index in [9.17, 15) is 4.79 Å². The molecular formula is C25H32N6OS. The Morgan fingerprint density at radius 2 is 1.67 bits per heavy atom. The van der Waals surface area contributed by atoms with Gasteiger partial charge in [0.25, 0.3) is 0 Å². The zero-order valence-electron chi connectivity index (χ0n) is 19.6. The summed E-state index contributed by atoms with van der Waals surface area (Å²) in [4.78, 5) is 17.2. The first-order chi connectivity index (χ1) is 16.1. The van der Waals surface area contributed by atoms with Crippen molar-refractivity contribution < 1.29 is 4.79 Å². The molecule has 2 heterocycles. The van der Waals surface area contributed by atoms with Crippen LogP contribution in [-0.4, -0.2) is 52.6 Å². The largest absolute Gasteiger partial charge is 0.372 e. The second-order valence-corrected chi connectivity index (χ2v) is 9.10. The van der Waals surface area contributed by atoms with E-state index >= 15 is 0 Å². The van der Waals surface area contributed by atoms with Gasteiger partial charge in [-0.2, -0.15) is 0 Å². The van der Waals surface area contributed by atoms with Gasteiger partial charge in [-0.25, -0.2) is 0 Å². The molecule has 0 radical (unpaired) electrons. The number of benzene rings is 2. The van der Waals surface area contributed by atoms with E-state index in [0.29, 0.717) is 0 Å². The predicted octanol–water partition coefficient (Wildman–Crippen LogP) is 4.66. The SMILES string of the molecule is CCN(CC)c1ccc(-c2nnc(SCC(=O)Nc3ccc(N4CCCC4)cc3)n2C)cc1. The number of hydrogen-bond acceptors (Lipinski definition) is 6. The summed E-state index contributed by atoms with van der Waals surface area (Å²) in [7, 11) is 1.94. The second-order valence-electron chi connectivity index (χ2n) is 8.16. The molecule has 0 atom stereocenters. The zero-order valence-corrected chi connectivity index (χ0v) is 20.4. The van der Waals surface area contributed by atoms with E-state index in [0.717, 1.165) is 48.4 Å². The van der Waals surface area contributed by atoms with Crippen LogP contribution in [0.25, 0.3) is 11.4 Å². The Kier molecular flexibility index (Phi) is 7.54. The molecule has 0 spiro atoms. The van der Waals surface area contributed by atoms with Crippen molar-refractivity contribution in [1.82, 2.24) is 14.8 Å². The molecule has 1 aliphatic rings. The molecule has 1 aliphatic heterocycles. The van der Waals surface area contributed by atoms with E-state index in [4.69, 9.17) is 0 Å². The van der Waals surface area contributed by atoms with Crippen LogP contribution in [0.3, 0.4) is 0 Å². The molecule has 1 aromatic heterocycles. The van der Waals surface area contributed by atoms with Gasteiger partial charge in [0.1, 0.15) is 0 Å². The molecule has 2 aromatic carbocycles. The van der Waals surface area contributed by atoms with Crippen molar-refractivity contribution in [2.24, 2.45) is 7.05 Å². The summed E-state index contributed by atoms with van der Waals surface area (Å²) in [6.45, 7) is 8.49. The number of nitrogens with zero attached hydrogens (tertiary/aromatic N) is 5. The molecule has 3 aromatic rings. The molecule has 33 heavy (non-hydrogen) atoms. The average molecular weight is 465 g/mol. The predicted molar refractivity (Wildman–Crippen MR) is 137 cm³/mol. The third-order valence-corrected chi connectivity index (χ3v) is 7.06. The van der Waals surface area contributed by atoms with Crippen LogP contribution in [0.4, 0.5) is 17.1 Å². The van der Waals surface area contributed by atoms with Crippen molar-refractivity contribution in [3.63, 3.8) is 0 Å². The highest BCUT2D eigenvalue weighted by atomic mass is 32.2. The average Bonchev–Trinajstić information content (AvgIpc) is 3.50. The molecule has 0 unspecified atom stereocenters. The smallest absolute Gasteiger partial charge is 0.234 e. The molecule has 8 heteroatoms. The number of nitrogens with one attached hydrogen (secondary N) is 1. The lowest BCUT2D eigenvalue weighted by molar-refractivity contribution is -0.113. The van der Waals surface area contributed by atoms with Crippen molar-refractivity contribution >= 4 is 34.7 Å². The van der Waals surface area contributed by atoms with E-state index in [1.807, 2.05) is 23.7 Å². The highest BCUT2D eigenvalue weighted by Gasteiger charge is 2.15. The minimum atomic E-state index is -0.0537. The molecule has 4 rings (SSSR count). The van der Waals surface area contributed by atoms with Gasteiger partial charge in [0, 0.05) is 55.9 Å². The van der Waals surface area contributed by atoms with Crippen LogP contribution < -0.4 is 15.1 Å². The highest BCUT2D eigenvalue weighted by molar-refractivity contribution is 7.99. The molecule has 7 nitrogen and oxygen atoms in total. The Hall–Kier alpha value is -3.00.